The first-order valence-corrected chi connectivity index (χ1v) is 8.16. The highest BCUT2D eigenvalue weighted by Gasteiger charge is 2.30. The predicted molar refractivity (Wildman–Crippen MR) is 92.2 cm³/mol. The molecule has 0 saturated heterocycles. The lowest BCUT2D eigenvalue weighted by Gasteiger charge is -2.14. The van der Waals surface area contributed by atoms with Gasteiger partial charge in [0.15, 0.2) is 5.96 Å². The Morgan fingerprint density at radius 2 is 2.00 bits per heavy atom. The molecule has 8 heteroatoms. The average Bonchev–Trinajstić information content (AvgIpc) is 2.57. The summed E-state index contributed by atoms with van der Waals surface area (Å²) in [7, 11) is 1.56. The highest BCUT2D eigenvalue weighted by molar-refractivity contribution is 5.81. The minimum atomic E-state index is -4.36. The number of rotatable bonds is 7. The van der Waals surface area contributed by atoms with Gasteiger partial charge in [-0.2, -0.15) is 13.2 Å². The van der Waals surface area contributed by atoms with Gasteiger partial charge in [0.05, 0.1) is 5.56 Å². The summed E-state index contributed by atoms with van der Waals surface area (Å²) in [6.07, 6.45) is -3.22. The van der Waals surface area contributed by atoms with Crippen LogP contribution in [0.25, 0.3) is 0 Å². The molecule has 1 aromatic rings. The predicted octanol–water partition coefficient (Wildman–Crippen LogP) is 2.68. The summed E-state index contributed by atoms with van der Waals surface area (Å²) < 4.78 is 38.1. The smallest absolute Gasteiger partial charge is 0.356 e. The van der Waals surface area contributed by atoms with Gasteiger partial charge in [0.25, 0.3) is 0 Å². The zero-order valence-electron chi connectivity index (χ0n) is 14.7. The number of alkyl halides is 3. The third kappa shape index (κ3) is 7.91. The van der Waals surface area contributed by atoms with Crippen molar-refractivity contribution < 1.29 is 18.0 Å². The van der Waals surface area contributed by atoms with Crippen LogP contribution in [-0.2, 0) is 17.5 Å². The molecule has 0 aliphatic carbocycles. The summed E-state index contributed by atoms with van der Waals surface area (Å²) in [5, 5.41) is 8.75. The maximum atomic E-state index is 12.7. The Morgan fingerprint density at radius 1 is 1.28 bits per heavy atom. The zero-order chi connectivity index (χ0) is 18.9. The van der Waals surface area contributed by atoms with Crippen molar-refractivity contribution >= 4 is 11.9 Å². The summed E-state index contributed by atoms with van der Waals surface area (Å²) >= 11 is 0. The van der Waals surface area contributed by atoms with E-state index in [0.29, 0.717) is 18.1 Å². The van der Waals surface area contributed by atoms with E-state index < -0.39 is 11.7 Å². The number of halogens is 3. The van der Waals surface area contributed by atoms with E-state index >= 15 is 0 Å². The van der Waals surface area contributed by atoms with Gasteiger partial charge < -0.3 is 16.0 Å². The van der Waals surface area contributed by atoms with Crippen LogP contribution in [-0.4, -0.2) is 31.5 Å². The molecule has 1 atom stereocenters. The molecule has 0 heterocycles. The van der Waals surface area contributed by atoms with Gasteiger partial charge in [0.1, 0.15) is 0 Å². The van der Waals surface area contributed by atoms with Crippen LogP contribution >= 0.6 is 0 Å². The van der Waals surface area contributed by atoms with Gasteiger partial charge in [-0.3, -0.25) is 9.79 Å². The molecule has 1 rings (SSSR count). The average molecular weight is 358 g/mol. The highest BCUT2D eigenvalue weighted by Crippen LogP contribution is 2.29. The Kier molecular flexibility index (Phi) is 8.24. The van der Waals surface area contributed by atoms with Crippen LogP contribution in [0, 0.1) is 0 Å². The monoisotopic (exact) mass is 358 g/mol. The van der Waals surface area contributed by atoms with Crippen molar-refractivity contribution in [2.75, 3.05) is 13.6 Å². The van der Waals surface area contributed by atoms with Gasteiger partial charge in [0, 0.05) is 32.6 Å². The Labute approximate surface area is 146 Å². The molecule has 0 fully saturated rings. The van der Waals surface area contributed by atoms with Crippen molar-refractivity contribution in [3.8, 4) is 0 Å². The van der Waals surface area contributed by atoms with E-state index in [0.717, 1.165) is 18.6 Å². The maximum absolute atomic E-state index is 12.7. The van der Waals surface area contributed by atoms with Gasteiger partial charge in [-0.05, 0) is 31.0 Å². The first-order valence-electron chi connectivity index (χ1n) is 8.16. The summed E-state index contributed by atoms with van der Waals surface area (Å²) in [5.41, 5.74) is -0.191. The van der Waals surface area contributed by atoms with Crippen molar-refractivity contribution in [3.05, 3.63) is 35.4 Å². The Hall–Kier alpha value is -2.25. The first kappa shape index (κ1) is 20.8. The van der Waals surface area contributed by atoms with Gasteiger partial charge >= 0.3 is 6.18 Å². The Bertz CT molecular complexity index is 588. The fourth-order valence-corrected chi connectivity index (χ4v) is 2.01. The molecule has 0 spiro atoms. The number of amides is 1. The molecule has 3 N–H and O–H groups in total. The van der Waals surface area contributed by atoms with E-state index in [2.05, 4.69) is 20.9 Å². The third-order valence-corrected chi connectivity index (χ3v) is 3.60. The summed E-state index contributed by atoms with van der Waals surface area (Å²) in [6.45, 7) is 4.50. The fraction of sp³-hybridized carbons (Fsp3) is 0.529. The Morgan fingerprint density at radius 3 is 2.60 bits per heavy atom. The van der Waals surface area contributed by atoms with Crippen LogP contribution < -0.4 is 16.0 Å². The van der Waals surface area contributed by atoms with Crippen LogP contribution in [0.1, 0.15) is 37.8 Å². The lowest BCUT2D eigenvalue weighted by molar-refractivity contribution is -0.137. The summed E-state index contributed by atoms with van der Waals surface area (Å²) in [6, 6.07) is 5.24. The molecule has 0 aromatic heterocycles. The van der Waals surface area contributed by atoms with Gasteiger partial charge in [0.2, 0.25) is 5.91 Å². The highest BCUT2D eigenvalue weighted by atomic mass is 19.4. The minimum absolute atomic E-state index is 0.0600. The number of hydrogen-bond acceptors (Lipinski definition) is 2. The number of benzene rings is 1. The van der Waals surface area contributed by atoms with E-state index in [-0.39, 0.29) is 24.9 Å². The van der Waals surface area contributed by atoms with E-state index in [1.807, 2.05) is 13.8 Å². The molecule has 0 saturated carbocycles. The molecule has 0 aliphatic rings. The number of carbonyl (C=O) groups excluding carboxylic acids is 1. The number of aliphatic imine (C=N–C) groups is 1. The van der Waals surface area contributed by atoms with Crippen molar-refractivity contribution in [1.82, 2.24) is 16.0 Å². The number of nitrogens with zero attached hydrogens (tertiary/aromatic N) is 1. The minimum Gasteiger partial charge on any atom is -0.356 e. The van der Waals surface area contributed by atoms with Crippen LogP contribution in [0.4, 0.5) is 13.2 Å². The van der Waals surface area contributed by atoms with E-state index in [9.17, 15) is 18.0 Å². The normalized spacial score (nSPS) is 13.3. The molecule has 1 unspecified atom stereocenters. The topological polar surface area (TPSA) is 65.5 Å². The molecule has 1 aromatic carbocycles. The molecule has 0 aliphatic heterocycles. The Balaban J connectivity index is 2.44. The lowest BCUT2D eigenvalue weighted by atomic mass is 10.1. The van der Waals surface area contributed by atoms with E-state index in [4.69, 9.17) is 0 Å². The zero-order valence-corrected chi connectivity index (χ0v) is 14.7. The number of guanidine groups is 1. The largest absolute Gasteiger partial charge is 0.416 e. The van der Waals surface area contributed by atoms with Crippen molar-refractivity contribution in [3.63, 3.8) is 0 Å². The second kappa shape index (κ2) is 9.90. The number of hydrogen-bond donors (Lipinski definition) is 3. The van der Waals surface area contributed by atoms with Gasteiger partial charge in [-0.25, -0.2) is 0 Å². The van der Waals surface area contributed by atoms with Crippen LogP contribution in [0.5, 0.6) is 0 Å². The second-order valence-electron chi connectivity index (χ2n) is 5.68. The van der Waals surface area contributed by atoms with Crippen molar-refractivity contribution in [1.29, 1.82) is 0 Å². The summed E-state index contributed by atoms with van der Waals surface area (Å²) in [5.74, 6) is 0.365. The number of nitrogens with one attached hydrogen (secondary N) is 3. The lowest BCUT2D eigenvalue weighted by Crippen LogP contribution is -2.40. The molecular weight excluding hydrogens is 333 g/mol. The summed E-state index contributed by atoms with van der Waals surface area (Å²) in [4.78, 5) is 15.7. The van der Waals surface area contributed by atoms with E-state index in [1.54, 1.807) is 13.1 Å². The van der Waals surface area contributed by atoms with Crippen molar-refractivity contribution in [2.24, 2.45) is 4.99 Å². The molecule has 140 valence electrons. The van der Waals surface area contributed by atoms with Crippen LogP contribution in [0.15, 0.2) is 29.3 Å². The molecule has 1 amide bonds. The molecule has 5 nitrogen and oxygen atoms in total. The van der Waals surface area contributed by atoms with Gasteiger partial charge in [-0.1, -0.05) is 19.1 Å². The second-order valence-corrected chi connectivity index (χ2v) is 5.68. The standard InChI is InChI=1S/C17H25F3N4O/c1-4-12(2)24-15(25)8-9-22-16(21-3)23-11-13-6-5-7-14(10-13)17(18,19)20/h5-7,10,12H,4,8-9,11H2,1-3H3,(H,24,25)(H2,21,22,23). The quantitative estimate of drug-likeness (QED) is 0.519. The molecular formula is C17H25F3N4O. The maximum Gasteiger partial charge on any atom is 0.416 e. The van der Waals surface area contributed by atoms with Gasteiger partial charge in [-0.15, -0.1) is 0 Å². The van der Waals surface area contributed by atoms with Crippen LogP contribution in [0.3, 0.4) is 0 Å². The van der Waals surface area contributed by atoms with Crippen molar-refractivity contribution in [2.45, 2.75) is 45.5 Å². The molecule has 0 bridgehead atoms. The number of carbonyl (C=O) groups is 1. The SMILES string of the molecule is CCC(C)NC(=O)CCNC(=NC)NCc1cccc(C(F)(F)F)c1. The first-order chi connectivity index (χ1) is 11.8. The molecule has 0 radical (unpaired) electrons. The third-order valence-electron chi connectivity index (χ3n) is 3.60. The van der Waals surface area contributed by atoms with E-state index in [1.165, 1.54) is 6.07 Å². The fourth-order valence-electron chi connectivity index (χ4n) is 2.01. The molecule has 25 heavy (non-hydrogen) atoms. The van der Waals surface area contributed by atoms with Crippen LogP contribution in [0.2, 0.25) is 0 Å².